The Balaban J connectivity index is 1.31. The van der Waals surface area contributed by atoms with Crippen LogP contribution < -0.4 is 10.1 Å². The van der Waals surface area contributed by atoms with Crippen molar-refractivity contribution in [2.45, 2.75) is 25.9 Å². The Morgan fingerprint density at radius 3 is 2.58 bits per heavy atom. The van der Waals surface area contributed by atoms with Crippen LogP contribution in [0.4, 0.5) is 20.4 Å². The van der Waals surface area contributed by atoms with E-state index in [9.17, 15) is 13.6 Å². The molecule has 1 amide bonds. The molecule has 4 aromatic rings. The summed E-state index contributed by atoms with van der Waals surface area (Å²) in [7, 11) is 2.05. The van der Waals surface area contributed by atoms with Crippen molar-refractivity contribution in [1.29, 1.82) is 0 Å². The predicted octanol–water partition coefficient (Wildman–Crippen LogP) is 4.57. The van der Waals surface area contributed by atoms with Gasteiger partial charge in [0.1, 0.15) is 11.4 Å². The molecule has 1 fully saturated rings. The molecular formula is C27H29F2N7O2. The zero-order chi connectivity index (χ0) is 26.9. The molecule has 0 spiro atoms. The normalized spacial score (nSPS) is 15.4. The fourth-order valence-electron chi connectivity index (χ4n) is 4.13. The summed E-state index contributed by atoms with van der Waals surface area (Å²) in [6.45, 7) is 5.27. The number of likely N-dealkylation sites (N-methyl/N-ethyl adjacent to an activating group) is 1. The number of alkyl halides is 2. The highest BCUT2D eigenvalue weighted by molar-refractivity contribution is 5.98. The lowest BCUT2D eigenvalue weighted by atomic mass is 10.2. The number of hydrogen-bond acceptors (Lipinski definition) is 7. The lowest BCUT2D eigenvalue weighted by Crippen LogP contribution is -2.47. The molecule has 198 valence electrons. The monoisotopic (exact) mass is 521 g/mol. The number of aromatic nitrogens is 4. The number of hydrogen-bond donors (Lipinski definition) is 2. The number of amides is 1. The molecule has 3 aromatic heterocycles. The predicted molar refractivity (Wildman–Crippen MR) is 141 cm³/mol. The molecule has 11 heteroatoms. The SMILES string of the molecule is CC(Oc1ccnc(-c2ccnc(Nc3ccc4[nH]c(C(=O)N5CCN(C)CC5)cc4c3)n2)c1)C(C)(F)F. The second-order valence-electron chi connectivity index (χ2n) is 9.56. The molecule has 0 bridgehead atoms. The number of ether oxygens (including phenoxy) is 1. The van der Waals surface area contributed by atoms with Crippen molar-refractivity contribution in [2.75, 3.05) is 38.5 Å². The summed E-state index contributed by atoms with van der Waals surface area (Å²) in [5, 5.41) is 4.07. The van der Waals surface area contributed by atoms with E-state index in [4.69, 9.17) is 4.74 Å². The van der Waals surface area contributed by atoms with Crippen LogP contribution >= 0.6 is 0 Å². The van der Waals surface area contributed by atoms with E-state index in [0.29, 0.717) is 36.1 Å². The maximum atomic E-state index is 13.5. The Kier molecular flexibility index (Phi) is 6.94. The molecule has 1 saturated heterocycles. The summed E-state index contributed by atoms with van der Waals surface area (Å²) in [5.41, 5.74) is 3.13. The highest BCUT2D eigenvalue weighted by Crippen LogP contribution is 2.27. The quantitative estimate of drug-likeness (QED) is 0.367. The molecule has 1 aliphatic heterocycles. The molecule has 4 heterocycles. The number of aromatic amines is 1. The Labute approximate surface area is 218 Å². The summed E-state index contributed by atoms with van der Waals surface area (Å²) in [5.74, 6) is -2.37. The Hall–Kier alpha value is -4.12. The molecule has 5 rings (SSSR count). The first-order valence-electron chi connectivity index (χ1n) is 12.4. The molecule has 38 heavy (non-hydrogen) atoms. The molecule has 1 aromatic carbocycles. The zero-order valence-electron chi connectivity index (χ0n) is 21.4. The Morgan fingerprint density at radius 2 is 1.82 bits per heavy atom. The average molecular weight is 522 g/mol. The minimum atomic E-state index is -2.98. The molecule has 2 N–H and O–H groups in total. The van der Waals surface area contributed by atoms with Crippen molar-refractivity contribution in [3.63, 3.8) is 0 Å². The second-order valence-corrected chi connectivity index (χ2v) is 9.56. The Morgan fingerprint density at radius 1 is 1.05 bits per heavy atom. The fraction of sp³-hybridized carbons (Fsp3) is 0.333. The van der Waals surface area contributed by atoms with E-state index in [1.54, 1.807) is 18.3 Å². The first kappa shape index (κ1) is 25.5. The van der Waals surface area contributed by atoms with Crippen LogP contribution in [0.15, 0.2) is 54.9 Å². The maximum Gasteiger partial charge on any atom is 0.281 e. The van der Waals surface area contributed by atoms with Crippen molar-refractivity contribution >= 4 is 28.4 Å². The number of rotatable bonds is 7. The second kappa shape index (κ2) is 10.3. The molecule has 9 nitrogen and oxygen atoms in total. The minimum absolute atomic E-state index is 0.00407. The summed E-state index contributed by atoms with van der Waals surface area (Å²) >= 11 is 0. The minimum Gasteiger partial charge on any atom is -0.484 e. The van der Waals surface area contributed by atoms with Crippen molar-refractivity contribution in [1.82, 2.24) is 29.7 Å². The van der Waals surface area contributed by atoms with Gasteiger partial charge < -0.3 is 24.8 Å². The first-order valence-corrected chi connectivity index (χ1v) is 12.4. The van der Waals surface area contributed by atoms with Crippen LogP contribution in [0.25, 0.3) is 22.3 Å². The highest BCUT2D eigenvalue weighted by Gasteiger charge is 2.32. The maximum absolute atomic E-state index is 13.5. The summed E-state index contributed by atoms with van der Waals surface area (Å²) in [4.78, 5) is 33.4. The largest absolute Gasteiger partial charge is 0.484 e. The van der Waals surface area contributed by atoms with E-state index < -0.39 is 12.0 Å². The number of carbonyl (C=O) groups is 1. The third kappa shape index (κ3) is 5.72. The van der Waals surface area contributed by atoms with Crippen molar-refractivity contribution in [3.05, 3.63) is 60.6 Å². The number of nitrogens with zero attached hydrogens (tertiary/aromatic N) is 5. The van der Waals surface area contributed by atoms with Crippen LogP contribution in [0.2, 0.25) is 0 Å². The molecule has 0 aliphatic carbocycles. The van der Waals surface area contributed by atoms with Gasteiger partial charge in [0.15, 0.2) is 6.10 Å². The molecule has 1 unspecified atom stereocenters. The van der Waals surface area contributed by atoms with Gasteiger partial charge in [0.2, 0.25) is 5.95 Å². The number of piperazine rings is 1. The van der Waals surface area contributed by atoms with E-state index in [0.717, 1.165) is 36.6 Å². The van der Waals surface area contributed by atoms with Crippen LogP contribution in [0.3, 0.4) is 0 Å². The molecule has 0 saturated carbocycles. The third-order valence-electron chi connectivity index (χ3n) is 6.57. The number of benzene rings is 1. The topological polar surface area (TPSA) is 99.3 Å². The van der Waals surface area contributed by atoms with Gasteiger partial charge in [0, 0.05) is 68.2 Å². The van der Waals surface area contributed by atoms with Gasteiger partial charge in [0.05, 0.1) is 11.4 Å². The van der Waals surface area contributed by atoms with Crippen LogP contribution in [0.1, 0.15) is 24.3 Å². The lowest BCUT2D eigenvalue weighted by Gasteiger charge is -2.32. The van der Waals surface area contributed by atoms with Gasteiger partial charge in [-0.05, 0) is 50.4 Å². The molecule has 1 atom stereocenters. The van der Waals surface area contributed by atoms with Crippen molar-refractivity contribution in [2.24, 2.45) is 0 Å². The number of nitrogens with one attached hydrogen (secondary N) is 2. The number of fused-ring (bicyclic) bond motifs is 1. The van der Waals surface area contributed by atoms with Gasteiger partial charge in [-0.3, -0.25) is 9.78 Å². The Bertz CT molecular complexity index is 1440. The van der Waals surface area contributed by atoms with Gasteiger partial charge >= 0.3 is 0 Å². The highest BCUT2D eigenvalue weighted by atomic mass is 19.3. The standard InChI is InChI=1S/C27H29F2N7O2/c1-17(27(2,28)29)38-20-6-8-30-23(16-20)22-7-9-31-26(34-22)32-19-4-5-21-18(14-19)15-24(33-21)25(37)36-12-10-35(3)11-13-36/h4-9,14-17,33H,10-13H2,1-3H3,(H,31,32,34). The number of carbonyl (C=O) groups excluding carboxylic acids is 1. The molecule has 0 radical (unpaired) electrons. The van der Waals surface area contributed by atoms with E-state index in [-0.39, 0.29) is 11.7 Å². The van der Waals surface area contributed by atoms with Gasteiger partial charge in [0.25, 0.3) is 11.8 Å². The molecule has 1 aliphatic rings. The summed E-state index contributed by atoms with van der Waals surface area (Å²) < 4.78 is 32.4. The zero-order valence-corrected chi connectivity index (χ0v) is 21.4. The first-order chi connectivity index (χ1) is 18.2. The number of H-pyrrole nitrogens is 1. The van der Waals surface area contributed by atoms with Gasteiger partial charge in [-0.2, -0.15) is 0 Å². The van der Waals surface area contributed by atoms with E-state index >= 15 is 0 Å². The van der Waals surface area contributed by atoms with E-state index in [2.05, 4.69) is 37.2 Å². The van der Waals surface area contributed by atoms with Crippen molar-refractivity contribution in [3.8, 4) is 17.1 Å². The van der Waals surface area contributed by atoms with E-state index in [1.807, 2.05) is 29.2 Å². The average Bonchev–Trinajstić information content (AvgIpc) is 3.32. The van der Waals surface area contributed by atoms with Gasteiger partial charge in [-0.1, -0.05) is 0 Å². The third-order valence-corrected chi connectivity index (χ3v) is 6.57. The van der Waals surface area contributed by atoms with Crippen LogP contribution in [0.5, 0.6) is 5.75 Å². The van der Waals surface area contributed by atoms with Crippen molar-refractivity contribution < 1.29 is 18.3 Å². The summed E-state index contributed by atoms with van der Waals surface area (Å²) in [6, 6.07) is 12.3. The molecular weight excluding hydrogens is 492 g/mol. The number of pyridine rings is 1. The van der Waals surface area contributed by atoms with E-state index in [1.165, 1.54) is 19.2 Å². The lowest BCUT2D eigenvalue weighted by molar-refractivity contribution is -0.0718. The smallest absolute Gasteiger partial charge is 0.281 e. The van der Waals surface area contributed by atoms with Gasteiger partial charge in [-0.25, -0.2) is 18.7 Å². The van der Waals surface area contributed by atoms with Crippen LogP contribution in [0, 0.1) is 0 Å². The number of anilines is 2. The number of halogens is 2. The van der Waals surface area contributed by atoms with Gasteiger partial charge in [-0.15, -0.1) is 0 Å². The van der Waals surface area contributed by atoms with Crippen LogP contribution in [-0.4, -0.2) is 80.9 Å². The summed E-state index contributed by atoms with van der Waals surface area (Å²) in [6.07, 6.45) is 1.78. The van der Waals surface area contributed by atoms with Crippen LogP contribution in [-0.2, 0) is 0 Å². The fourth-order valence-corrected chi connectivity index (χ4v) is 4.13.